The Morgan fingerprint density at radius 1 is 1.06 bits per heavy atom. The molecule has 88 valence electrons. The van der Waals surface area contributed by atoms with Crippen molar-refractivity contribution in [2.75, 3.05) is 5.73 Å². The normalized spacial score (nSPS) is 10.5. The zero-order valence-corrected chi connectivity index (χ0v) is 10.3. The van der Waals surface area contributed by atoms with Crippen LogP contribution in [0.5, 0.6) is 0 Å². The van der Waals surface area contributed by atoms with Gasteiger partial charge in [0.25, 0.3) is 0 Å². The topological polar surface area (TPSA) is 51.8 Å². The number of nitrogen functional groups attached to an aromatic ring is 1. The second kappa shape index (κ2) is 4.95. The summed E-state index contributed by atoms with van der Waals surface area (Å²) in [6, 6.07) is 10.3. The number of hydrogen-bond donors (Lipinski definition) is 1. The van der Waals surface area contributed by atoms with Crippen LogP contribution in [0.1, 0.15) is 29.6 Å². The van der Waals surface area contributed by atoms with Gasteiger partial charge < -0.3 is 5.73 Å². The monoisotopic (exact) mass is 227 g/mol. The number of rotatable bonds is 3. The van der Waals surface area contributed by atoms with Crippen LogP contribution in [-0.2, 0) is 12.8 Å². The third-order valence-corrected chi connectivity index (χ3v) is 2.71. The van der Waals surface area contributed by atoms with E-state index in [1.54, 1.807) is 6.07 Å². The number of aromatic nitrogens is 2. The van der Waals surface area contributed by atoms with Crippen LogP contribution in [-0.4, -0.2) is 9.97 Å². The molecule has 0 aliphatic heterocycles. The van der Waals surface area contributed by atoms with E-state index >= 15 is 0 Å². The number of nitrogens with zero attached hydrogens (tertiary/aromatic N) is 2. The Labute approximate surface area is 102 Å². The lowest BCUT2D eigenvalue weighted by molar-refractivity contribution is 0.947. The van der Waals surface area contributed by atoms with E-state index in [0.717, 1.165) is 24.4 Å². The third kappa shape index (κ3) is 3.03. The van der Waals surface area contributed by atoms with E-state index in [1.807, 2.05) is 6.92 Å². The molecule has 2 N–H and O–H groups in total. The fourth-order valence-corrected chi connectivity index (χ4v) is 1.81. The summed E-state index contributed by atoms with van der Waals surface area (Å²) >= 11 is 0. The van der Waals surface area contributed by atoms with Gasteiger partial charge in [-0.05, 0) is 24.5 Å². The number of aryl methyl sites for hydroxylation is 2. The molecule has 0 unspecified atom stereocenters. The van der Waals surface area contributed by atoms with Crippen LogP contribution in [0.2, 0.25) is 0 Å². The molecule has 0 spiro atoms. The van der Waals surface area contributed by atoms with Crippen molar-refractivity contribution in [1.82, 2.24) is 9.97 Å². The minimum Gasteiger partial charge on any atom is -0.384 e. The Bertz CT molecular complexity index is 483. The van der Waals surface area contributed by atoms with Crippen molar-refractivity contribution < 1.29 is 0 Å². The molecule has 0 fully saturated rings. The molecule has 2 aromatic rings. The second-order valence-electron chi connectivity index (χ2n) is 4.20. The average molecular weight is 227 g/mol. The van der Waals surface area contributed by atoms with Gasteiger partial charge in [-0.25, -0.2) is 9.97 Å². The lowest BCUT2D eigenvalue weighted by Crippen LogP contribution is -2.02. The summed E-state index contributed by atoms with van der Waals surface area (Å²) in [6.07, 6.45) is 1.80. The van der Waals surface area contributed by atoms with Crippen molar-refractivity contribution in [3.05, 3.63) is 53.0 Å². The van der Waals surface area contributed by atoms with Crippen molar-refractivity contribution in [2.24, 2.45) is 0 Å². The fraction of sp³-hybridized carbons (Fsp3) is 0.286. The van der Waals surface area contributed by atoms with Crippen LogP contribution < -0.4 is 5.73 Å². The summed E-state index contributed by atoms with van der Waals surface area (Å²) in [6.45, 7) is 4.08. The quantitative estimate of drug-likeness (QED) is 0.876. The molecule has 3 heteroatoms. The van der Waals surface area contributed by atoms with E-state index < -0.39 is 0 Å². The zero-order chi connectivity index (χ0) is 12.3. The molecule has 0 aliphatic rings. The molecule has 3 nitrogen and oxygen atoms in total. The molecule has 0 atom stereocenters. The van der Waals surface area contributed by atoms with Gasteiger partial charge >= 0.3 is 0 Å². The average Bonchev–Trinajstić information content (AvgIpc) is 2.28. The molecule has 0 saturated heterocycles. The molecule has 1 heterocycles. The number of benzene rings is 1. The maximum absolute atomic E-state index is 5.71. The molecule has 0 bridgehead atoms. The van der Waals surface area contributed by atoms with E-state index in [-0.39, 0.29) is 0 Å². The minimum absolute atomic E-state index is 0.540. The van der Waals surface area contributed by atoms with Gasteiger partial charge in [0.15, 0.2) is 0 Å². The van der Waals surface area contributed by atoms with E-state index in [2.05, 4.69) is 41.2 Å². The highest BCUT2D eigenvalue weighted by atomic mass is 14.9. The zero-order valence-electron chi connectivity index (χ0n) is 10.3. The number of hydrogen-bond acceptors (Lipinski definition) is 3. The first-order chi connectivity index (χ1) is 8.17. The second-order valence-corrected chi connectivity index (χ2v) is 4.20. The van der Waals surface area contributed by atoms with Crippen molar-refractivity contribution in [1.29, 1.82) is 0 Å². The first-order valence-electron chi connectivity index (χ1n) is 5.85. The lowest BCUT2D eigenvalue weighted by Gasteiger charge is -2.04. The summed E-state index contributed by atoms with van der Waals surface area (Å²) in [4.78, 5) is 8.62. The SMILES string of the molecule is CCc1ccc(Cc2nc(C)cc(N)n2)cc1. The summed E-state index contributed by atoms with van der Waals surface area (Å²) < 4.78 is 0. The third-order valence-electron chi connectivity index (χ3n) is 2.71. The molecule has 0 saturated carbocycles. The molecule has 0 aliphatic carbocycles. The first kappa shape index (κ1) is 11.6. The van der Waals surface area contributed by atoms with Crippen LogP contribution in [0, 0.1) is 6.92 Å². The largest absolute Gasteiger partial charge is 0.384 e. The molecule has 2 rings (SSSR count). The molecule has 17 heavy (non-hydrogen) atoms. The van der Waals surface area contributed by atoms with Gasteiger partial charge in [0, 0.05) is 18.2 Å². The maximum Gasteiger partial charge on any atom is 0.135 e. The molecule has 0 amide bonds. The van der Waals surface area contributed by atoms with Crippen molar-refractivity contribution in [3.8, 4) is 0 Å². The molecular formula is C14H17N3. The van der Waals surface area contributed by atoms with E-state index in [0.29, 0.717) is 5.82 Å². The smallest absolute Gasteiger partial charge is 0.135 e. The molecule has 1 aromatic carbocycles. The highest BCUT2D eigenvalue weighted by molar-refractivity contribution is 5.31. The lowest BCUT2D eigenvalue weighted by atomic mass is 10.1. The Balaban J connectivity index is 2.19. The highest BCUT2D eigenvalue weighted by Crippen LogP contribution is 2.10. The van der Waals surface area contributed by atoms with Crippen molar-refractivity contribution in [2.45, 2.75) is 26.7 Å². The van der Waals surface area contributed by atoms with Crippen molar-refractivity contribution in [3.63, 3.8) is 0 Å². The highest BCUT2D eigenvalue weighted by Gasteiger charge is 2.02. The van der Waals surface area contributed by atoms with Gasteiger partial charge in [-0.2, -0.15) is 0 Å². The van der Waals surface area contributed by atoms with E-state index in [9.17, 15) is 0 Å². The number of anilines is 1. The van der Waals surface area contributed by atoms with Gasteiger partial charge in [0.1, 0.15) is 11.6 Å². The summed E-state index contributed by atoms with van der Waals surface area (Å²) in [5.74, 6) is 1.32. The Morgan fingerprint density at radius 3 is 2.29 bits per heavy atom. The Morgan fingerprint density at radius 2 is 1.71 bits per heavy atom. The van der Waals surface area contributed by atoms with Gasteiger partial charge in [-0.15, -0.1) is 0 Å². The van der Waals surface area contributed by atoms with Gasteiger partial charge in [-0.3, -0.25) is 0 Å². The summed E-state index contributed by atoms with van der Waals surface area (Å²) in [7, 11) is 0. The Hall–Kier alpha value is -1.90. The van der Waals surface area contributed by atoms with Crippen LogP contribution in [0.4, 0.5) is 5.82 Å². The Kier molecular flexibility index (Phi) is 3.38. The molecule has 0 radical (unpaired) electrons. The maximum atomic E-state index is 5.71. The van der Waals surface area contributed by atoms with Gasteiger partial charge in [0.05, 0.1) is 0 Å². The first-order valence-corrected chi connectivity index (χ1v) is 5.85. The van der Waals surface area contributed by atoms with Crippen molar-refractivity contribution >= 4 is 5.82 Å². The van der Waals surface area contributed by atoms with E-state index in [1.165, 1.54) is 11.1 Å². The van der Waals surface area contributed by atoms with Crippen LogP contribution >= 0.6 is 0 Å². The number of nitrogens with two attached hydrogens (primary N) is 1. The van der Waals surface area contributed by atoms with Gasteiger partial charge in [-0.1, -0.05) is 31.2 Å². The summed E-state index contributed by atoms with van der Waals surface area (Å²) in [5.41, 5.74) is 9.18. The molecule has 1 aromatic heterocycles. The van der Waals surface area contributed by atoms with Crippen LogP contribution in [0.25, 0.3) is 0 Å². The summed E-state index contributed by atoms with van der Waals surface area (Å²) in [5, 5.41) is 0. The predicted octanol–water partition coefficient (Wildman–Crippen LogP) is 2.52. The van der Waals surface area contributed by atoms with Crippen LogP contribution in [0.15, 0.2) is 30.3 Å². The van der Waals surface area contributed by atoms with E-state index in [4.69, 9.17) is 5.73 Å². The van der Waals surface area contributed by atoms with Gasteiger partial charge in [0.2, 0.25) is 0 Å². The minimum atomic E-state index is 0.540. The standard InChI is InChI=1S/C14H17N3/c1-3-11-4-6-12(7-5-11)9-14-16-10(2)8-13(15)17-14/h4-8H,3,9H2,1-2H3,(H2,15,16,17). The molecular weight excluding hydrogens is 210 g/mol. The van der Waals surface area contributed by atoms with Crippen LogP contribution in [0.3, 0.4) is 0 Å². The fourth-order valence-electron chi connectivity index (χ4n) is 1.81. The predicted molar refractivity (Wildman–Crippen MR) is 69.8 cm³/mol.